The second-order valence-electron chi connectivity index (χ2n) is 5.83. The lowest BCUT2D eigenvalue weighted by atomic mass is 10.2. The van der Waals surface area contributed by atoms with Gasteiger partial charge in [0.2, 0.25) is 0 Å². The molecule has 2 heterocycles. The molecule has 1 aromatic carbocycles. The Morgan fingerprint density at radius 1 is 1.18 bits per heavy atom. The highest BCUT2D eigenvalue weighted by Crippen LogP contribution is 2.22. The summed E-state index contributed by atoms with van der Waals surface area (Å²) in [7, 11) is 0. The van der Waals surface area contributed by atoms with E-state index < -0.39 is 24.4 Å². The van der Waals surface area contributed by atoms with Gasteiger partial charge in [0.25, 0.3) is 11.8 Å². The van der Waals surface area contributed by atoms with E-state index in [1.54, 1.807) is 24.4 Å². The van der Waals surface area contributed by atoms with Gasteiger partial charge in [0, 0.05) is 0 Å². The van der Waals surface area contributed by atoms with Gasteiger partial charge in [-0.3, -0.25) is 14.9 Å². The molecule has 1 N–H and O–H groups in total. The molecule has 3 aromatic rings. The van der Waals surface area contributed by atoms with Gasteiger partial charge in [-0.2, -0.15) is 5.10 Å². The summed E-state index contributed by atoms with van der Waals surface area (Å²) in [5.74, 6) is -2.04. The van der Waals surface area contributed by atoms with Crippen LogP contribution in [-0.4, -0.2) is 34.2 Å². The number of rotatable bonds is 6. The van der Waals surface area contributed by atoms with Crippen LogP contribution in [0.4, 0.5) is 0 Å². The number of halogens is 1. The van der Waals surface area contributed by atoms with Crippen LogP contribution in [0.3, 0.4) is 0 Å². The van der Waals surface area contributed by atoms with E-state index in [1.807, 2.05) is 30.3 Å². The van der Waals surface area contributed by atoms with Crippen molar-refractivity contribution in [3.63, 3.8) is 0 Å². The zero-order valence-corrected chi connectivity index (χ0v) is 16.4. The van der Waals surface area contributed by atoms with Gasteiger partial charge in [-0.1, -0.05) is 48.0 Å². The number of hydrogen-bond acceptors (Lipinski definition) is 6. The molecule has 0 aliphatic heterocycles. The van der Waals surface area contributed by atoms with Crippen LogP contribution in [0.2, 0.25) is 5.15 Å². The van der Waals surface area contributed by atoms with Gasteiger partial charge in [-0.15, -0.1) is 11.3 Å². The van der Waals surface area contributed by atoms with Crippen molar-refractivity contribution in [2.24, 2.45) is 0 Å². The summed E-state index contributed by atoms with van der Waals surface area (Å²) in [6.45, 7) is 1.42. The highest BCUT2D eigenvalue weighted by Gasteiger charge is 2.23. The minimum absolute atomic E-state index is 0.0926. The molecule has 2 amide bonds. The molecule has 0 radical (unpaired) electrons. The van der Waals surface area contributed by atoms with Crippen molar-refractivity contribution in [1.82, 2.24) is 15.1 Å². The van der Waals surface area contributed by atoms with Crippen molar-refractivity contribution in [1.29, 1.82) is 0 Å². The van der Waals surface area contributed by atoms with Gasteiger partial charge in [-0.25, -0.2) is 9.48 Å². The van der Waals surface area contributed by atoms with Gasteiger partial charge in [0.1, 0.15) is 10.7 Å². The fourth-order valence-electron chi connectivity index (χ4n) is 2.48. The van der Waals surface area contributed by atoms with Gasteiger partial charge >= 0.3 is 5.97 Å². The van der Waals surface area contributed by atoms with Crippen LogP contribution < -0.4 is 5.32 Å². The predicted octanol–water partition coefficient (Wildman–Crippen LogP) is 3.07. The molecule has 0 saturated heterocycles. The first kappa shape index (κ1) is 19.8. The van der Waals surface area contributed by atoms with E-state index in [1.165, 1.54) is 16.0 Å². The summed E-state index contributed by atoms with van der Waals surface area (Å²) in [5, 5.41) is 8.27. The van der Waals surface area contributed by atoms with Crippen molar-refractivity contribution in [2.75, 3.05) is 6.61 Å². The van der Waals surface area contributed by atoms with Crippen LogP contribution in [0.15, 0.2) is 47.8 Å². The number of nitrogens with one attached hydrogen (secondary N) is 1. The molecule has 0 fully saturated rings. The summed E-state index contributed by atoms with van der Waals surface area (Å²) in [5.41, 5.74) is 1.45. The molecule has 3 rings (SSSR count). The molecule has 9 heteroatoms. The number of ether oxygens (including phenoxy) is 1. The number of aromatic nitrogens is 2. The topological polar surface area (TPSA) is 90.3 Å². The van der Waals surface area contributed by atoms with Gasteiger partial charge in [0.05, 0.1) is 17.1 Å². The van der Waals surface area contributed by atoms with E-state index in [0.29, 0.717) is 17.1 Å². The largest absolute Gasteiger partial charge is 0.452 e. The highest BCUT2D eigenvalue weighted by atomic mass is 35.5. The Balaban J connectivity index is 1.61. The fraction of sp³-hybridized carbons (Fsp3) is 0.158. The second-order valence-corrected chi connectivity index (χ2v) is 7.13. The van der Waals surface area contributed by atoms with Gasteiger partial charge < -0.3 is 4.74 Å². The van der Waals surface area contributed by atoms with E-state index in [4.69, 9.17) is 16.3 Å². The number of imide groups is 1. The summed E-state index contributed by atoms with van der Waals surface area (Å²) in [6, 6.07) is 12.8. The lowest BCUT2D eigenvalue weighted by Crippen LogP contribution is -2.33. The normalized spacial score (nSPS) is 10.5. The van der Waals surface area contributed by atoms with E-state index in [2.05, 4.69) is 10.4 Å². The van der Waals surface area contributed by atoms with Crippen LogP contribution in [0.1, 0.15) is 31.3 Å². The lowest BCUT2D eigenvalue weighted by molar-refractivity contribution is -0.123. The van der Waals surface area contributed by atoms with Crippen molar-refractivity contribution >= 4 is 40.7 Å². The van der Waals surface area contributed by atoms with Gasteiger partial charge in [0.15, 0.2) is 6.61 Å². The molecule has 0 spiro atoms. The van der Waals surface area contributed by atoms with E-state index in [9.17, 15) is 14.4 Å². The molecule has 0 aliphatic carbocycles. The van der Waals surface area contributed by atoms with E-state index >= 15 is 0 Å². The number of aryl methyl sites for hydroxylation is 1. The van der Waals surface area contributed by atoms with Crippen LogP contribution >= 0.6 is 22.9 Å². The number of esters is 1. The Morgan fingerprint density at radius 2 is 1.93 bits per heavy atom. The Morgan fingerprint density at radius 3 is 2.61 bits per heavy atom. The van der Waals surface area contributed by atoms with E-state index in [0.717, 1.165) is 5.56 Å². The number of carbonyl (C=O) groups excluding carboxylic acids is 3. The summed E-state index contributed by atoms with van der Waals surface area (Å²) < 4.78 is 6.49. The maximum Gasteiger partial charge on any atom is 0.343 e. The fourth-order valence-corrected chi connectivity index (χ4v) is 3.41. The Hall–Kier alpha value is -2.97. The molecule has 28 heavy (non-hydrogen) atoms. The quantitative estimate of drug-likeness (QED) is 0.622. The van der Waals surface area contributed by atoms with Crippen LogP contribution in [0.5, 0.6) is 0 Å². The molecule has 0 saturated carbocycles. The molecular weight excluding hydrogens is 402 g/mol. The number of nitrogens with zero attached hydrogens (tertiary/aromatic N) is 2. The predicted molar refractivity (Wildman–Crippen MR) is 105 cm³/mol. The Kier molecular flexibility index (Phi) is 6.23. The highest BCUT2D eigenvalue weighted by molar-refractivity contribution is 7.12. The molecule has 7 nitrogen and oxygen atoms in total. The number of amides is 2. The van der Waals surface area contributed by atoms with Crippen molar-refractivity contribution in [2.45, 2.75) is 13.5 Å². The Labute approximate surface area is 169 Å². The molecule has 0 aliphatic rings. The molecule has 0 atom stereocenters. The minimum Gasteiger partial charge on any atom is -0.452 e. The van der Waals surface area contributed by atoms with Gasteiger partial charge in [-0.05, 0) is 23.9 Å². The number of hydrogen-bond donors (Lipinski definition) is 1. The smallest absolute Gasteiger partial charge is 0.343 e. The molecule has 144 valence electrons. The number of carbonyl (C=O) groups is 3. The molecule has 0 unspecified atom stereocenters. The van der Waals surface area contributed by atoms with Crippen molar-refractivity contribution in [3.05, 3.63) is 74.7 Å². The van der Waals surface area contributed by atoms with Crippen molar-refractivity contribution < 1.29 is 19.1 Å². The first-order valence-corrected chi connectivity index (χ1v) is 9.53. The van der Waals surface area contributed by atoms with Crippen LogP contribution in [0.25, 0.3) is 0 Å². The average molecular weight is 418 g/mol. The average Bonchev–Trinajstić information content (AvgIpc) is 3.30. The number of benzene rings is 1. The molecule has 2 aromatic heterocycles. The third-order valence-electron chi connectivity index (χ3n) is 3.78. The van der Waals surface area contributed by atoms with Crippen LogP contribution in [0, 0.1) is 6.92 Å². The third-order valence-corrected chi connectivity index (χ3v) is 5.03. The molecule has 0 bridgehead atoms. The second kappa shape index (κ2) is 8.81. The van der Waals surface area contributed by atoms with Crippen LogP contribution in [-0.2, 0) is 16.1 Å². The Bertz CT molecular complexity index is 1000. The zero-order chi connectivity index (χ0) is 20.1. The first-order valence-electron chi connectivity index (χ1n) is 8.27. The standard InChI is InChI=1S/C19H16ClN3O4S/c1-12-16(17(20)23(22-12)10-13-6-3-2-4-7-13)19(26)27-11-15(24)21-18(25)14-8-5-9-28-14/h2-9H,10-11H2,1H3,(H,21,24,25). The lowest BCUT2D eigenvalue weighted by Gasteiger charge is -2.06. The first-order chi connectivity index (χ1) is 13.5. The monoisotopic (exact) mass is 417 g/mol. The third kappa shape index (κ3) is 4.65. The maximum absolute atomic E-state index is 12.3. The van der Waals surface area contributed by atoms with Crippen molar-refractivity contribution in [3.8, 4) is 0 Å². The van der Waals surface area contributed by atoms with E-state index in [-0.39, 0.29) is 10.7 Å². The number of thiophene rings is 1. The maximum atomic E-state index is 12.3. The minimum atomic E-state index is -0.777. The summed E-state index contributed by atoms with van der Waals surface area (Å²) in [6.07, 6.45) is 0. The SMILES string of the molecule is Cc1nn(Cc2ccccc2)c(Cl)c1C(=O)OCC(=O)NC(=O)c1cccs1. The summed E-state index contributed by atoms with van der Waals surface area (Å²) in [4.78, 5) is 36.4. The summed E-state index contributed by atoms with van der Waals surface area (Å²) >= 11 is 7.49. The zero-order valence-electron chi connectivity index (χ0n) is 14.8. The molecular formula is C19H16ClN3O4S.